The monoisotopic (exact) mass is 270 g/mol. The fraction of sp³-hybridized carbons (Fsp3) is 0.769. The van der Waals surface area contributed by atoms with Gasteiger partial charge in [-0.3, -0.25) is 9.59 Å². The zero-order valence-corrected chi connectivity index (χ0v) is 12.2. The fourth-order valence-electron chi connectivity index (χ4n) is 2.62. The molecule has 1 fully saturated rings. The Bertz CT molecular complexity index is 335. The average Bonchev–Trinajstić information content (AvgIpc) is 2.28. The van der Waals surface area contributed by atoms with E-state index in [0.29, 0.717) is 6.42 Å². The molecule has 0 aromatic heterocycles. The predicted molar refractivity (Wildman–Crippen MR) is 74.9 cm³/mol. The first-order valence-corrected chi connectivity index (χ1v) is 7.06. The first kappa shape index (κ1) is 15.1. The molecule has 0 unspecified atom stereocenters. The molecule has 102 valence electrons. The van der Waals surface area contributed by atoms with Gasteiger partial charge < -0.3 is 10.6 Å². The minimum Gasteiger partial charge on any atom is -0.302 e. The third-order valence-corrected chi connectivity index (χ3v) is 3.96. The Hall–Kier alpha value is -0.970. The van der Waals surface area contributed by atoms with E-state index in [1.165, 1.54) is 0 Å². The van der Waals surface area contributed by atoms with Crippen molar-refractivity contribution in [3.05, 3.63) is 0 Å². The van der Waals surface area contributed by atoms with Crippen LogP contribution in [0.1, 0.15) is 52.9 Å². The van der Waals surface area contributed by atoms with Crippen LogP contribution in [0.3, 0.4) is 0 Å². The maximum Gasteiger partial charge on any atom is 0.242 e. The van der Waals surface area contributed by atoms with Crippen molar-refractivity contribution in [2.24, 2.45) is 11.3 Å². The standard InChI is InChI=1S/C13H22N2O2S/c1-4-6-8-13(9(3)7-5-2)10(16)14-12(18)15-11(13)17/h9H,4-8H2,1-3H3,(H2,14,15,16,17,18)/t9-/m0/s1. The van der Waals surface area contributed by atoms with E-state index < -0.39 is 5.41 Å². The summed E-state index contributed by atoms with van der Waals surface area (Å²) in [5, 5.41) is 5.34. The number of hydrogen-bond acceptors (Lipinski definition) is 3. The van der Waals surface area contributed by atoms with Crippen molar-refractivity contribution in [2.75, 3.05) is 0 Å². The summed E-state index contributed by atoms with van der Waals surface area (Å²) >= 11 is 4.86. The van der Waals surface area contributed by atoms with Crippen molar-refractivity contribution >= 4 is 29.1 Å². The van der Waals surface area contributed by atoms with Crippen molar-refractivity contribution in [2.45, 2.75) is 52.9 Å². The molecule has 0 saturated carbocycles. The molecular formula is C13H22N2O2S. The second kappa shape index (κ2) is 6.27. The molecule has 1 atom stereocenters. The highest BCUT2D eigenvalue weighted by Crippen LogP contribution is 2.38. The topological polar surface area (TPSA) is 58.2 Å². The van der Waals surface area contributed by atoms with Crippen LogP contribution in [0.2, 0.25) is 0 Å². The van der Waals surface area contributed by atoms with Gasteiger partial charge in [0.2, 0.25) is 11.8 Å². The quantitative estimate of drug-likeness (QED) is 0.574. The van der Waals surface area contributed by atoms with Gasteiger partial charge in [-0.05, 0) is 31.0 Å². The molecule has 2 amide bonds. The molecule has 2 N–H and O–H groups in total. The number of unbranched alkanes of at least 4 members (excludes halogenated alkanes) is 1. The lowest BCUT2D eigenvalue weighted by Gasteiger charge is -2.39. The summed E-state index contributed by atoms with van der Waals surface area (Å²) in [6.45, 7) is 6.10. The highest BCUT2D eigenvalue weighted by molar-refractivity contribution is 7.80. The van der Waals surface area contributed by atoms with Gasteiger partial charge in [-0.15, -0.1) is 0 Å². The lowest BCUT2D eigenvalue weighted by atomic mass is 9.68. The second-order valence-electron chi connectivity index (χ2n) is 5.00. The van der Waals surface area contributed by atoms with Gasteiger partial charge in [-0.25, -0.2) is 0 Å². The van der Waals surface area contributed by atoms with E-state index in [4.69, 9.17) is 12.2 Å². The Morgan fingerprint density at radius 2 is 1.72 bits per heavy atom. The molecular weight excluding hydrogens is 248 g/mol. The van der Waals surface area contributed by atoms with Crippen LogP contribution in [0.4, 0.5) is 0 Å². The lowest BCUT2D eigenvalue weighted by Crippen LogP contribution is -2.64. The minimum absolute atomic E-state index is 0.0251. The average molecular weight is 270 g/mol. The molecule has 1 heterocycles. The highest BCUT2D eigenvalue weighted by atomic mass is 32.1. The summed E-state index contributed by atoms with van der Waals surface area (Å²) in [5.41, 5.74) is -0.950. The third kappa shape index (κ3) is 2.71. The van der Waals surface area contributed by atoms with E-state index in [1.54, 1.807) is 0 Å². The summed E-state index contributed by atoms with van der Waals surface area (Å²) in [7, 11) is 0. The van der Waals surface area contributed by atoms with E-state index >= 15 is 0 Å². The summed E-state index contributed by atoms with van der Waals surface area (Å²) in [6.07, 6.45) is 4.23. The van der Waals surface area contributed by atoms with Gasteiger partial charge in [-0.2, -0.15) is 0 Å². The molecule has 0 aliphatic carbocycles. The minimum atomic E-state index is -0.950. The summed E-state index contributed by atoms with van der Waals surface area (Å²) in [4.78, 5) is 24.6. The Morgan fingerprint density at radius 3 is 2.17 bits per heavy atom. The first-order chi connectivity index (χ1) is 8.48. The SMILES string of the molecule is CCCCC1([C@@H](C)CCC)C(=O)NC(=S)NC1=O. The molecule has 4 nitrogen and oxygen atoms in total. The number of thiocarbonyl (C=S) groups is 1. The van der Waals surface area contributed by atoms with Crippen LogP contribution >= 0.6 is 12.2 Å². The van der Waals surface area contributed by atoms with Gasteiger partial charge in [-0.1, -0.05) is 40.0 Å². The van der Waals surface area contributed by atoms with Crippen LogP contribution in [0, 0.1) is 11.3 Å². The molecule has 1 aliphatic heterocycles. The van der Waals surface area contributed by atoms with Crippen LogP contribution in [-0.2, 0) is 9.59 Å². The lowest BCUT2D eigenvalue weighted by molar-refractivity contribution is -0.148. The summed E-state index contributed by atoms with van der Waals surface area (Å²) in [6, 6.07) is 0. The van der Waals surface area contributed by atoms with Crippen molar-refractivity contribution in [1.82, 2.24) is 10.6 Å². The van der Waals surface area contributed by atoms with Crippen LogP contribution in [0.15, 0.2) is 0 Å². The number of amides is 2. The third-order valence-electron chi connectivity index (χ3n) is 3.75. The first-order valence-electron chi connectivity index (χ1n) is 6.65. The fourth-order valence-corrected chi connectivity index (χ4v) is 2.81. The molecule has 0 aromatic carbocycles. The van der Waals surface area contributed by atoms with Crippen LogP contribution in [0.5, 0.6) is 0 Å². The van der Waals surface area contributed by atoms with Gasteiger partial charge in [0.15, 0.2) is 5.11 Å². The van der Waals surface area contributed by atoms with E-state index in [0.717, 1.165) is 25.7 Å². The number of carbonyl (C=O) groups is 2. The normalized spacial score (nSPS) is 20.3. The summed E-state index contributed by atoms with van der Waals surface area (Å²) in [5.74, 6) is -0.437. The summed E-state index contributed by atoms with van der Waals surface area (Å²) < 4.78 is 0. The van der Waals surface area contributed by atoms with E-state index in [2.05, 4.69) is 24.5 Å². The van der Waals surface area contributed by atoms with Crippen LogP contribution in [-0.4, -0.2) is 16.9 Å². The molecule has 0 bridgehead atoms. The Kier molecular flexibility index (Phi) is 5.26. The Morgan fingerprint density at radius 1 is 1.17 bits per heavy atom. The maximum absolute atomic E-state index is 12.3. The van der Waals surface area contributed by atoms with Crippen LogP contribution < -0.4 is 10.6 Å². The smallest absolute Gasteiger partial charge is 0.242 e. The number of hydrogen-bond donors (Lipinski definition) is 2. The van der Waals surface area contributed by atoms with Gasteiger partial charge >= 0.3 is 0 Å². The molecule has 5 heteroatoms. The van der Waals surface area contributed by atoms with Gasteiger partial charge in [0.1, 0.15) is 5.41 Å². The predicted octanol–water partition coefficient (Wildman–Crippen LogP) is 2.13. The molecule has 1 saturated heterocycles. The molecule has 18 heavy (non-hydrogen) atoms. The highest BCUT2D eigenvalue weighted by Gasteiger charge is 2.52. The molecule has 0 radical (unpaired) electrons. The van der Waals surface area contributed by atoms with Gasteiger partial charge in [0.05, 0.1) is 0 Å². The van der Waals surface area contributed by atoms with Crippen LogP contribution in [0.25, 0.3) is 0 Å². The second-order valence-corrected chi connectivity index (χ2v) is 5.41. The van der Waals surface area contributed by atoms with Crippen molar-refractivity contribution in [1.29, 1.82) is 0 Å². The van der Waals surface area contributed by atoms with E-state index in [-0.39, 0.29) is 22.8 Å². The Labute approximate surface area is 114 Å². The Balaban J connectivity index is 3.04. The molecule has 0 spiro atoms. The molecule has 0 aromatic rings. The number of nitrogens with one attached hydrogen (secondary N) is 2. The zero-order chi connectivity index (χ0) is 13.8. The van der Waals surface area contributed by atoms with Gasteiger partial charge in [0.25, 0.3) is 0 Å². The van der Waals surface area contributed by atoms with Gasteiger partial charge in [0, 0.05) is 0 Å². The molecule has 1 rings (SSSR count). The van der Waals surface area contributed by atoms with Crippen molar-refractivity contribution < 1.29 is 9.59 Å². The molecule has 1 aliphatic rings. The zero-order valence-electron chi connectivity index (χ0n) is 11.3. The van der Waals surface area contributed by atoms with E-state index in [9.17, 15) is 9.59 Å². The largest absolute Gasteiger partial charge is 0.302 e. The number of rotatable bonds is 6. The number of carbonyl (C=O) groups excluding carboxylic acids is 2. The van der Waals surface area contributed by atoms with Crippen molar-refractivity contribution in [3.63, 3.8) is 0 Å². The van der Waals surface area contributed by atoms with E-state index in [1.807, 2.05) is 6.92 Å². The maximum atomic E-state index is 12.3. The van der Waals surface area contributed by atoms with Crippen molar-refractivity contribution in [3.8, 4) is 0 Å².